The first-order valence-electron chi connectivity index (χ1n) is 6.13. The minimum absolute atomic E-state index is 0.0926. The van der Waals surface area contributed by atoms with E-state index in [9.17, 15) is 8.78 Å². The molecule has 2 aromatic rings. The zero-order chi connectivity index (χ0) is 13.8. The molecule has 0 aliphatic heterocycles. The van der Waals surface area contributed by atoms with Crippen molar-refractivity contribution in [2.75, 3.05) is 7.05 Å². The van der Waals surface area contributed by atoms with Crippen LogP contribution in [0.3, 0.4) is 0 Å². The summed E-state index contributed by atoms with van der Waals surface area (Å²) < 4.78 is 26.9. The van der Waals surface area contributed by atoms with E-state index < -0.39 is 5.82 Å². The largest absolute Gasteiger partial charge is 0.313 e. The topological polar surface area (TPSA) is 24.9 Å². The lowest BCUT2D eigenvalue weighted by Gasteiger charge is -2.18. The lowest BCUT2D eigenvalue weighted by atomic mass is 9.97. The molecule has 1 N–H and O–H groups in total. The first-order chi connectivity index (χ1) is 9.11. The van der Waals surface area contributed by atoms with Crippen molar-refractivity contribution in [2.24, 2.45) is 0 Å². The normalized spacial score (nSPS) is 12.4. The number of benzene rings is 1. The molecule has 0 amide bonds. The Bertz CT molecular complexity index is 570. The van der Waals surface area contributed by atoms with Crippen molar-refractivity contribution in [3.8, 4) is 0 Å². The zero-order valence-electron chi connectivity index (χ0n) is 11.0. The van der Waals surface area contributed by atoms with Crippen LogP contribution in [0.15, 0.2) is 36.7 Å². The number of nitrogens with zero attached hydrogens (tertiary/aromatic N) is 1. The highest BCUT2D eigenvalue weighted by molar-refractivity contribution is 5.28. The molecule has 0 bridgehead atoms. The number of likely N-dealkylation sites (N-methyl/N-ethyl adjacent to an activating group) is 1. The van der Waals surface area contributed by atoms with E-state index in [1.54, 1.807) is 19.4 Å². The van der Waals surface area contributed by atoms with Crippen LogP contribution in [0, 0.1) is 18.6 Å². The summed E-state index contributed by atoms with van der Waals surface area (Å²) in [5.74, 6) is -0.808. The second kappa shape index (κ2) is 5.89. The quantitative estimate of drug-likeness (QED) is 0.915. The van der Waals surface area contributed by atoms with Crippen molar-refractivity contribution in [2.45, 2.75) is 19.4 Å². The minimum Gasteiger partial charge on any atom is -0.313 e. The van der Waals surface area contributed by atoms with Crippen LogP contribution in [0.25, 0.3) is 0 Å². The van der Waals surface area contributed by atoms with Crippen LogP contribution in [0.5, 0.6) is 0 Å². The molecule has 1 atom stereocenters. The number of aryl methyl sites for hydroxylation is 1. The Labute approximate surface area is 111 Å². The monoisotopic (exact) mass is 262 g/mol. The van der Waals surface area contributed by atoms with Crippen molar-refractivity contribution in [1.82, 2.24) is 10.3 Å². The highest BCUT2D eigenvalue weighted by atomic mass is 19.1. The Morgan fingerprint density at radius 3 is 2.74 bits per heavy atom. The molecule has 1 heterocycles. The highest BCUT2D eigenvalue weighted by Crippen LogP contribution is 2.22. The third-order valence-electron chi connectivity index (χ3n) is 3.24. The van der Waals surface area contributed by atoms with E-state index in [4.69, 9.17) is 0 Å². The summed E-state index contributed by atoms with van der Waals surface area (Å²) in [6.07, 6.45) is 3.86. The maximum atomic E-state index is 13.7. The van der Waals surface area contributed by atoms with E-state index in [1.165, 1.54) is 6.07 Å². The molecule has 0 saturated carbocycles. The van der Waals surface area contributed by atoms with Gasteiger partial charge in [-0.1, -0.05) is 0 Å². The maximum Gasteiger partial charge on any atom is 0.126 e. The Morgan fingerprint density at radius 1 is 1.26 bits per heavy atom. The molecule has 19 heavy (non-hydrogen) atoms. The summed E-state index contributed by atoms with van der Waals surface area (Å²) >= 11 is 0. The fraction of sp³-hybridized carbons (Fsp3) is 0.267. The van der Waals surface area contributed by atoms with Gasteiger partial charge in [-0.2, -0.15) is 0 Å². The zero-order valence-corrected chi connectivity index (χ0v) is 11.0. The Balaban J connectivity index is 2.29. The average molecular weight is 262 g/mol. The maximum absolute atomic E-state index is 13.7. The van der Waals surface area contributed by atoms with Gasteiger partial charge in [0.15, 0.2) is 0 Å². The Hall–Kier alpha value is -1.81. The van der Waals surface area contributed by atoms with E-state index in [1.807, 2.05) is 13.0 Å². The summed E-state index contributed by atoms with van der Waals surface area (Å²) in [6, 6.07) is 5.34. The number of halogens is 2. The average Bonchev–Trinajstić information content (AvgIpc) is 2.41. The molecule has 0 spiro atoms. The van der Waals surface area contributed by atoms with Crippen LogP contribution in [-0.4, -0.2) is 12.0 Å². The molecular weight excluding hydrogens is 246 g/mol. The van der Waals surface area contributed by atoms with Crippen molar-refractivity contribution < 1.29 is 8.78 Å². The van der Waals surface area contributed by atoms with Gasteiger partial charge < -0.3 is 5.32 Å². The van der Waals surface area contributed by atoms with Gasteiger partial charge in [0.2, 0.25) is 0 Å². The Morgan fingerprint density at radius 2 is 2.05 bits per heavy atom. The number of rotatable bonds is 4. The first-order valence-corrected chi connectivity index (χ1v) is 6.13. The molecule has 0 saturated heterocycles. The summed E-state index contributed by atoms with van der Waals surface area (Å²) in [5, 5.41) is 3.13. The van der Waals surface area contributed by atoms with E-state index in [0.717, 1.165) is 23.3 Å². The molecule has 1 aromatic carbocycles. The summed E-state index contributed by atoms with van der Waals surface area (Å²) in [6.45, 7) is 1.98. The molecule has 0 aliphatic rings. The second-order valence-corrected chi connectivity index (χ2v) is 4.51. The standard InChI is InChI=1S/C15H16F2N2/c1-10-5-6-19-9-13(10)15(18-2)8-11-7-12(16)3-4-14(11)17/h3-7,9,15,18H,8H2,1-2H3. The summed E-state index contributed by atoms with van der Waals surface area (Å²) in [7, 11) is 1.80. The predicted molar refractivity (Wildman–Crippen MR) is 70.8 cm³/mol. The minimum atomic E-state index is -0.422. The van der Waals surface area contributed by atoms with Gasteiger partial charge in [-0.05, 0) is 61.3 Å². The van der Waals surface area contributed by atoms with E-state index in [-0.39, 0.29) is 11.9 Å². The van der Waals surface area contributed by atoms with Gasteiger partial charge >= 0.3 is 0 Å². The van der Waals surface area contributed by atoms with Crippen molar-refractivity contribution in [3.05, 3.63) is 65.0 Å². The third kappa shape index (κ3) is 3.15. The van der Waals surface area contributed by atoms with Gasteiger partial charge in [-0.3, -0.25) is 4.98 Å². The molecule has 0 fully saturated rings. The first kappa shape index (κ1) is 13.6. The molecule has 2 nitrogen and oxygen atoms in total. The van der Waals surface area contributed by atoms with Crippen LogP contribution in [0.2, 0.25) is 0 Å². The van der Waals surface area contributed by atoms with E-state index >= 15 is 0 Å². The van der Waals surface area contributed by atoms with E-state index in [0.29, 0.717) is 12.0 Å². The van der Waals surface area contributed by atoms with Crippen LogP contribution in [-0.2, 0) is 6.42 Å². The van der Waals surface area contributed by atoms with Crippen LogP contribution < -0.4 is 5.32 Å². The van der Waals surface area contributed by atoms with Gasteiger partial charge in [0, 0.05) is 18.4 Å². The summed E-state index contributed by atoms with van der Waals surface area (Å²) in [4.78, 5) is 4.09. The van der Waals surface area contributed by atoms with Gasteiger partial charge in [0.1, 0.15) is 11.6 Å². The molecule has 4 heteroatoms. The smallest absolute Gasteiger partial charge is 0.126 e. The second-order valence-electron chi connectivity index (χ2n) is 4.51. The lowest BCUT2D eigenvalue weighted by Crippen LogP contribution is -2.20. The molecule has 1 aromatic heterocycles. The number of nitrogens with one attached hydrogen (secondary N) is 1. The van der Waals surface area contributed by atoms with E-state index in [2.05, 4.69) is 10.3 Å². The molecule has 1 unspecified atom stereocenters. The highest BCUT2D eigenvalue weighted by Gasteiger charge is 2.15. The predicted octanol–water partition coefficient (Wildman–Crippen LogP) is 3.17. The molecule has 0 radical (unpaired) electrons. The van der Waals surface area contributed by atoms with Gasteiger partial charge in [-0.25, -0.2) is 8.78 Å². The third-order valence-corrected chi connectivity index (χ3v) is 3.24. The van der Waals surface area contributed by atoms with Crippen LogP contribution in [0.1, 0.15) is 22.7 Å². The summed E-state index contributed by atoms with van der Waals surface area (Å²) in [5.41, 5.74) is 2.43. The van der Waals surface area contributed by atoms with Gasteiger partial charge in [0.25, 0.3) is 0 Å². The molecule has 100 valence electrons. The SMILES string of the molecule is CNC(Cc1cc(F)ccc1F)c1cnccc1C. The number of pyridine rings is 1. The van der Waals surface area contributed by atoms with Crippen molar-refractivity contribution >= 4 is 0 Å². The fourth-order valence-corrected chi connectivity index (χ4v) is 2.13. The molecule has 0 aliphatic carbocycles. The van der Waals surface area contributed by atoms with Gasteiger partial charge in [0.05, 0.1) is 0 Å². The number of hydrogen-bond acceptors (Lipinski definition) is 2. The molecular formula is C15H16F2N2. The van der Waals surface area contributed by atoms with Crippen LogP contribution >= 0.6 is 0 Å². The van der Waals surface area contributed by atoms with Crippen LogP contribution in [0.4, 0.5) is 8.78 Å². The fourth-order valence-electron chi connectivity index (χ4n) is 2.13. The number of aromatic nitrogens is 1. The number of hydrogen-bond donors (Lipinski definition) is 1. The van der Waals surface area contributed by atoms with Crippen molar-refractivity contribution in [1.29, 1.82) is 0 Å². The lowest BCUT2D eigenvalue weighted by molar-refractivity contribution is 0.541. The van der Waals surface area contributed by atoms with Gasteiger partial charge in [-0.15, -0.1) is 0 Å². The van der Waals surface area contributed by atoms with Crippen molar-refractivity contribution in [3.63, 3.8) is 0 Å². The molecule has 2 rings (SSSR count). The Kier molecular flexibility index (Phi) is 4.22.